The molecule has 1 aliphatic carbocycles. The van der Waals surface area contributed by atoms with Crippen LogP contribution in [-0.2, 0) is 11.2 Å². The van der Waals surface area contributed by atoms with Gasteiger partial charge in [-0.1, -0.05) is 59.6 Å². The zero-order chi connectivity index (χ0) is 24.4. The molecule has 1 aliphatic heterocycles. The molecular weight excluding hydrogens is 481 g/mol. The molecule has 2 unspecified atom stereocenters. The molecule has 0 spiro atoms. The number of halogens is 2. The minimum Gasteiger partial charge on any atom is -0.481 e. The first-order chi connectivity index (χ1) is 17.1. The molecule has 1 fully saturated rings. The predicted molar refractivity (Wildman–Crippen MR) is 141 cm³/mol. The van der Waals surface area contributed by atoms with Gasteiger partial charge in [-0.25, -0.2) is 4.98 Å². The van der Waals surface area contributed by atoms with Crippen LogP contribution in [0.4, 0.5) is 0 Å². The minimum absolute atomic E-state index is 0.315. The van der Waals surface area contributed by atoms with E-state index in [0.717, 1.165) is 74.1 Å². The van der Waals surface area contributed by atoms with Crippen LogP contribution >= 0.6 is 23.2 Å². The standard InChI is InChI=1S/C28H29Cl2N3O2/c1-35-28-26-19(9-10-25(26)33-14-12-18(16-33)11-13-31-17-34)15-24(32-28)22-7-4-6-21(27(22)30)20-5-2-3-8-23(20)29/h2-8,15,17-18,25H,9-14,16H2,1H3,(H,31,34). The van der Waals surface area contributed by atoms with Gasteiger partial charge in [0.2, 0.25) is 12.3 Å². The Bertz CT molecular complexity index is 1230. The molecule has 1 aromatic heterocycles. The molecule has 0 bridgehead atoms. The van der Waals surface area contributed by atoms with E-state index in [1.807, 2.05) is 42.5 Å². The third-order valence-electron chi connectivity index (χ3n) is 7.30. The van der Waals surface area contributed by atoms with Crippen LogP contribution in [0.1, 0.15) is 36.4 Å². The molecule has 2 atom stereocenters. The van der Waals surface area contributed by atoms with Crippen molar-refractivity contribution in [3.05, 3.63) is 69.7 Å². The number of methoxy groups -OCH3 is 1. The number of ether oxygens (including phenoxy) is 1. The fourth-order valence-corrected chi connectivity index (χ4v) is 6.15. The van der Waals surface area contributed by atoms with Crippen molar-refractivity contribution in [3.8, 4) is 28.3 Å². The summed E-state index contributed by atoms with van der Waals surface area (Å²) in [5, 5.41) is 4.09. The summed E-state index contributed by atoms with van der Waals surface area (Å²) in [6.07, 6.45) is 5.00. The van der Waals surface area contributed by atoms with Crippen molar-refractivity contribution in [2.45, 2.75) is 31.7 Å². The van der Waals surface area contributed by atoms with Gasteiger partial charge in [0.1, 0.15) is 0 Å². The molecule has 1 N–H and O–H groups in total. The maximum Gasteiger partial charge on any atom is 0.218 e. The van der Waals surface area contributed by atoms with Crippen molar-refractivity contribution in [1.29, 1.82) is 0 Å². The number of amides is 1. The van der Waals surface area contributed by atoms with Gasteiger partial charge in [0.05, 0.1) is 17.8 Å². The van der Waals surface area contributed by atoms with Gasteiger partial charge in [-0.05, 0) is 55.8 Å². The third-order valence-corrected chi connectivity index (χ3v) is 8.04. The number of nitrogens with one attached hydrogen (secondary N) is 1. The summed E-state index contributed by atoms with van der Waals surface area (Å²) in [4.78, 5) is 18.1. The van der Waals surface area contributed by atoms with Crippen LogP contribution in [0.3, 0.4) is 0 Å². The molecule has 182 valence electrons. The first-order valence-electron chi connectivity index (χ1n) is 12.1. The lowest BCUT2D eigenvalue weighted by atomic mass is 9.99. The average Bonchev–Trinajstić information content (AvgIpc) is 3.51. The topological polar surface area (TPSA) is 54.5 Å². The molecule has 1 saturated heterocycles. The number of benzene rings is 2. The van der Waals surface area contributed by atoms with Crippen molar-refractivity contribution < 1.29 is 9.53 Å². The number of hydrogen-bond acceptors (Lipinski definition) is 4. The zero-order valence-electron chi connectivity index (χ0n) is 19.8. The summed E-state index contributed by atoms with van der Waals surface area (Å²) in [7, 11) is 1.70. The van der Waals surface area contributed by atoms with Crippen molar-refractivity contribution in [2.24, 2.45) is 5.92 Å². The maximum atomic E-state index is 10.6. The summed E-state index contributed by atoms with van der Waals surface area (Å²) in [6, 6.07) is 16.2. The minimum atomic E-state index is 0.315. The van der Waals surface area contributed by atoms with Gasteiger partial charge >= 0.3 is 0 Å². The molecule has 5 nitrogen and oxygen atoms in total. The molecule has 2 aliphatic rings. The Hall–Kier alpha value is -2.60. The SMILES string of the molecule is COc1nc(-c2cccc(-c3ccccc3Cl)c2Cl)cc2c1C(N1CCC(CCNC=O)C1)CC2. The molecule has 0 saturated carbocycles. The van der Waals surface area contributed by atoms with E-state index < -0.39 is 0 Å². The van der Waals surface area contributed by atoms with E-state index in [9.17, 15) is 4.79 Å². The summed E-state index contributed by atoms with van der Waals surface area (Å²) in [5.74, 6) is 1.29. The monoisotopic (exact) mass is 509 g/mol. The summed E-state index contributed by atoms with van der Waals surface area (Å²) < 4.78 is 5.84. The molecule has 2 heterocycles. The van der Waals surface area contributed by atoms with E-state index in [4.69, 9.17) is 32.9 Å². The number of nitrogens with zero attached hydrogens (tertiary/aromatic N) is 2. The Morgan fingerprint density at radius 3 is 2.71 bits per heavy atom. The highest BCUT2D eigenvalue weighted by molar-refractivity contribution is 6.38. The zero-order valence-corrected chi connectivity index (χ0v) is 21.3. The second-order valence-corrected chi connectivity index (χ2v) is 10.1. The molecule has 3 aromatic rings. The first kappa shape index (κ1) is 24.1. The largest absolute Gasteiger partial charge is 0.481 e. The van der Waals surface area contributed by atoms with Gasteiger partial charge in [0, 0.05) is 46.4 Å². The van der Waals surface area contributed by atoms with Crippen molar-refractivity contribution >= 4 is 29.6 Å². The van der Waals surface area contributed by atoms with Gasteiger partial charge in [0.15, 0.2) is 0 Å². The summed E-state index contributed by atoms with van der Waals surface area (Å²) in [6.45, 7) is 2.85. The lowest BCUT2D eigenvalue weighted by Gasteiger charge is -2.26. The van der Waals surface area contributed by atoms with Crippen LogP contribution in [0, 0.1) is 5.92 Å². The van der Waals surface area contributed by atoms with Gasteiger partial charge in [-0.15, -0.1) is 0 Å². The smallest absolute Gasteiger partial charge is 0.218 e. The lowest BCUT2D eigenvalue weighted by molar-refractivity contribution is -0.109. The number of carbonyl (C=O) groups is 1. The third kappa shape index (κ3) is 4.77. The molecule has 7 heteroatoms. The second kappa shape index (κ2) is 10.6. The molecule has 35 heavy (non-hydrogen) atoms. The average molecular weight is 510 g/mol. The normalized spacial score (nSPS) is 19.5. The van der Waals surface area contributed by atoms with Crippen molar-refractivity contribution in [2.75, 3.05) is 26.7 Å². The molecule has 0 radical (unpaired) electrons. The van der Waals surface area contributed by atoms with E-state index in [1.165, 1.54) is 11.1 Å². The number of carbonyl (C=O) groups excluding carboxylic acids is 1. The number of aromatic nitrogens is 1. The fourth-order valence-electron chi connectivity index (χ4n) is 5.59. The highest BCUT2D eigenvalue weighted by Crippen LogP contribution is 2.45. The van der Waals surface area contributed by atoms with Crippen molar-refractivity contribution in [3.63, 3.8) is 0 Å². The Labute approximate surface area is 216 Å². The predicted octanol–water partition coefficient (Wildman–Crippen LogP) is 6.18. The summed E-state index contributed by atoms with van der Waals surface area (Å²) >= 11 is 13.4. The van der Waals surface area contributed by atoms with Gasteiger partial charge in [-0.3, -0.25) is 9.69 Å². The van der Waals surface area contributed by atoms with Crippen LogP contribution in [0.5, 0.6) is 5.88 Å². The van der Waals surface area contributed by atoms with E-state index >= 15 is 0 Å². The Morgan fingerprint density at radius 1 is 1.11 bits per heavy atom. The highest BCUT2D eigenvalue weighted by Gasteiger charge is 2.36. The molecule has 5 rings (SSSR count). The molecule has 1 amide bonds. The van der Waals surface area contributed by atoms with Gasteiger partial charge in [0.25, 0.3) is 0 Å². The first-order valence-corrected chi connectivity index (χ1v) is 12.9. The number of pyridine rings is 1. The van der Waals surface area contributed by atoms with E-state index in [1.54, 1.807) is 7.11 Å². The Kier molecular flexibility index (Phi) is 7.28. The second-order valence-electron chi connectivity index (χ2n) is 9.30. The molecular formula is C28H29Cl2N3O2. The number of hydrogen-bond donors (Lipinski definition) is 1. The van der Waals surface area contributed by atoms with Crippen LogP contribution in [0.2, 0.25) is 10.0 Å². The lowest BCUT2D eigenvalue weighted by Crippen LogP contribution is -2.26. The van der Waals surface area contributed by atoms with Crippen LogP contribution in [-0.4, -0.2) is 43.0 Å². The molecule has 2 aromatic carbocycles. The Balaban J connectivity index is 1.45. The number of fused-ring (bicyclic) bond motifs is 1. The summed E-state index contributed by atoms with van der Waals surface area (Å²) in [5.41, 5.74) is 5.97. The number of likely N-dealkylation sites (tertiary alicyclic amines) is 1. The van der Waals surface area contributed by atoms with Crippen molar-refractivity contribution in [1.82, 2.24) is 15.2 Å². The van der Waals surface area contributed by atoms with E-state index in [0.29, 0.717) is 27.9 Å². The van der Waals surface area contributed by atoms with E-state index in [2.05, 4.69) is 16.3 Å². The maximum absolute atomic E-state index is 10.6. The van der Waals surface area contributed by atoms with E-state index in [-0.39, 0.29) is 0 Å². The van der Waals surface area contributed by atoms with Gasteiger partial charge < -0.3 is 10.1 Å². The van der Waals surface area contributed by atoms with Gasteiger partial charge in [-0.2, -0.15) is 0 Å². The van der Waals surface area contributed by atoms with Crippen LogP contribution in [0.15, 0.2) is 48.5 Å². The quantitative estimate of drug-likeness (QED) is 0.291. The fraction of sp³-hybridized carbons (Fsp3) is 0.357. The van der Waals surface area contributed by atoms with Crippen LogP contribution < -0.4 is 10.1 Å². The highest BCUT2D eigenvalue weighted by atomic mass is 35.5. The Morgan fingerprint density at radius 2 is 1.91 bits per heavy atom. The number of rotatable bonds is 8. The number of aryl methyl sites for hydroxylation is 1. The van der Waals surface area contributed by atoms with Crippen LogP contribution in [0.25, 0.3) is 22.4 Å².